The highest BCUT2D eigenvalue weighted by Crippen LogP contribution is 2.28. The minimum absolute atomic E-state index is 0.0559. The van der Waals surface area contributed by atoms with E-state index in [0.29, 0.717) is 12.5 Å². The summed E-state index contributed by atoms with van der Waals surface area (Å²) < 4.78 is 5.60. The van der Waals surface area contributed by atoms with Crippen LogP contribution in [0.4, 0.5) is 0 Å². The van der Waals surface area contributed by atoms with E-state index in [9.17, 15) is 4.79 Å². The second-order valence-electron chi connectivity index (χ2n) is 5.40. The Bertz CT molecular complexity index is 264. The highest BCUT2D eigenvalue weighted by Gasteiger charge is 2.31. The van der Waals surface area contributed by atoms with Gasteiger partial charge in [-0.1, -0.05) is 12.8 Å². The number of nitrogens with one attached hydrogen (secondary N) is 1. The Hall–Kier alpha value is -0.610. The van der Waals surface area contributed by atoms with Crippen LogP contribution in [0.3, 0.4) is 0 Å². The molecular formula is C13H24N2O2. The van der Waals surface area contributed by atoms with Crippen molar-refractivity contribution in [2.24, 2.45) is 11.7 Å². The van der Waals surface area contributed by atoms with Crippen LogP contribution in [-0.4, -0.2) is 30.7 Å². The molecule has 1 amide bonds. The number of rotatable bonds is 4. The van der Waals surface area contributed by atoms with E-state index >= 15 is 0 Å². The third-order valence-corrected chi connectivity index (χ3v) is 4.14. The molecule has 2 unspecified atom stereocenters. The number of carbonyl (C=O) groups excluding carboxylic acids is 1. The van der Waals surface area contributed by atoms with Crippen molar-refractivity contribution in [3.63, 3.8) is 0 Å². The van der Waals surface area contributed by atoms with E-state index in [1.807, 2.05) is 0 Å². The number of hydrogen-bond acceptors (Lipinski definition) is 3. The van der Waals surface area contributed by atoms with Crippen molar-refractivity contribution in [1.29, 1.82) is 0 Å². The van der Waals surface area contributed by atoms with E-state index in [2.05, 4.69) is 12.2 Å². The van der Waals surface area contributed by atoms with E-state index in [1.54, 1.807) is 0 Å². The van der Waals surface area contributed by atoms with Gasteiger partial charge in [0.1, 0.15) is 6.10 Å². The topological polar surface area (TPSA) is 64.4 Å². The van der Waals surface area contributed by atoms with Gasteiger partial charge in [-0.05, 0) is 38.5 Å². The van der Waals surface area contributed by atoms with Gasteiger partial charge in [0, 0.05) is 12.6 Å². The summed E-state index contributed by atoms with van der Waals surface area (Å²) >= 11 is 0. The van der Waals surface area contributed by atoms with Gasteiger partial charge in [0.15, 0.2) is 0 Å². The second-order valence-corrected chi connectivity index (χ2v) is 5.40. The molecule has 0 aromatic carbocycles. The molecular weight excluding hydrogens is 216 g/mol. The number of nitrogens with two attached hydrogens (primary N) is 1. The van der Waals surface area contributed by atoms with Gasteiger partial charge >= 0.3 is 0 Å². The van der Waals surface area contributed by atoms with Crippen LogP contribution in [0.15, 0.2) is 0 Å². The monoisotopic (exact) mass is 240 g/mol. The van der Waals surface area contributed by atoms with Crippen LogP contribution in [0.5, 0.6) is 0 Å². The summed E-state index contributed by atoms with van der Waals surface area (Å²) in [5.41, 5.74) is 5.54. The maximum atomic E-state index is 12.0. The summed E-state index contributed by atoms with van der Waals surface area (Å²) in [6.07, 6.45) is 6.63. The number of carbonyl (C=O) groups is 1. The zero-order chi connectivity index (χ0) is 12.3. The molecule has 17 heavy (non-hydrogen) atoms. The van der Waals surface area contributed by atoms with E-state index in [-0.39, 0.29) is 24.2 Å². The smallest absolute Gasteiger partial charge is 0.249 e. The van der Waals surface area contributed by atoms with Crippen LogP contribution in [0.1, 0.15) is 45.4 Å². The molecule has 3 atom stereocenters. The van der Waals surface area contributed by atoms with Gasteiger partial charge in [-0.25, -0.2) is 0 Å². The van der Waals surface area contributed by atoms with Gasteiger partial charge in [-0.2, -0.15) is 0 Å². The first kappa shape index (κ1) is 12.8. The fourth-order valence-corrected chi connectivity index (χ4v) is 2.96. The molecule has 0 spiro atoms. The number of ether oxygens (including phenoxy) is 1. The van der Waals surface area contributed by atoms with E-state index in [4.69, 9.17) is 10.5 Å². The minimum Gasteiger partial charge on any atom is -0.364 e. The van der Waals surface area contributed by atoms with Gasteiger partial charge < -0.3 is 15.8 Å². The third kappa shape index (κ3) is 3.19. The maximum absolute atomic E-state index is 12.0. The van der Waals surface area contributed by atoms with Crippen molar-refractivity contribution in [3.05, 3.63) is 0 Å². The van der Waals surface area contributed by atoms with Crippen molar-refractivity contribution in [2.75, 3.05) is 6.54 Å². The molecule has 2 fully saturated rings. The minimum atomic E-state index is -0.271. The summed E-state index contributed by atoms with van der Waals surface area (Å²) in [4.78, 5) is 12.0. The molecule has 4 nitrogen and oxygen atoms in total. The zero-order valence-electron chi connectivity index (χ0n) is 10.7. The summed E-state index contributed by atoms with van der Waals surface area (Å²) in [5.74, 6) is 0.714. The van der Waals surface area contributed by atoms with Crippen LogP contribution < -0.4 is 11.1 Å². The fraction of sp³-hybridized carbons (Fsp3) is 0.923. The molecule has 0 aromatic rings. The molecule has 0 bridgehead atoms. The summed E-state index contributed by atoms with van der Waals surface area (Å²) in [6.45, 7) is 2.63. The van der Waals surface area contributed by atoms with Crippen molar-refractivity contribution >= 4 is 5.91 Å². The Kier molecular flexibility index (Phi) is 4.40. The average molecular weight is 240 g/mol. The molecule has 1 saturated carbocycles. The fourth-order valence-electron chi connectivity index (χ4n) is 2.96. The predicted octanol–water partition coefficient (Wildman–Crippen LogP) is 1.19. The van der Waals surface area contributed by atoms with E-state index < -0.39 is 0 Å². The Balaban J connectivity index is 1.76. The third-order valence-electron chi connectivity index (χ3n) is 4.14. The SMILES string of the molecule is C[C@H](NC(=O)C1CCC(CN)O1)C1CCCC1. The lowest BCUT2D eigenvalue weighted by molar-refractivity contribution is -0.132. The van der Waals surface area contributed by atoms with Crippen LogP contribution in [0, 0.1) is 5.92 Å². The van der Waals surface area contributed by atoms with Crippen LogP contribution in [-0.2, 0) is 9.53 Å². The first-order valence-corrected chi connectivity index (χ1v) is 6.86. The molecule has 1 heterocycles. The molecule has 0 aromatic heterocycles. The van der Waals surface area contributed by atoms with E-state index in [0.717, 1.165) is 12.8 Å². The molecule has 0 radical (unpaired) electrons. The van der Waals surface area contributed by atoms with Crippen LogP contribution in [0.2, 0.25) is 0 Å². The van der Waals surface area contributed by atoms with Gasteiger partial charge in [-0.3, -0.25) is 4.79 Å². The molecule has 2 aliphatic rings. The molecule has 1 aliphatic carbocycles. The molecule has 1 saturated heterocycles. The van der Waals surface area contributed by atoms with Gasteiger partial charge in [0.05, 0.1) is 6.10 Å². The van der Waals surface area contributed by atoms with Crippen molar-refractivity contribution in [3.8, 4) is 0 Å². The Labute approximate surface area is 103 Å². The largest absolute Gasteiger partial charge is 0.364 e. The van der Waals surface area contributed by atoms with Gasteiger partial charge in [-0.15, -0.1) is 0 Å². The van der Waals surface area contributed by atoms with Gasteiger partial charge in [0.2, 0.25) is 5.91 Å². The highest BCUT2D eigenvalue weighted by molar-refractivity contribution is 5.81. The van der Waals surface area contributed by atoms with Crippen molar-refractivity contribution in [2.45, 2.75) is 63.7 Å². The Morgan fingerprint density at radius 1 is 1.35 bits per heavy atom. The summed E-state index contributed by atoms with van der Waals surface area (Å²) in [6, 6.07) is 0.283. The first-order chi connectivity index (χ1) is 8.20. The quantitative estimate of drug-likeness (QED) is 0.775. The Morgan fingerprint density at radius 3 is 2.65 bits per heavy atom. The van der Waals surface area contributed by atoms with Crippen LogP contribution in [0.25, 0.3) is 0 Å². The average Bonchev–Trinajstić information content (AvgIpc) is 3.00. The number of amides is 1. The maximum Gasteiger partial charge on any atom is 0.249 e. The molecule has 3 N–H and O–H groups in total. The zero-order valence-corrected chi connectivity index (χ0v) is 10.7. The molecule has 2 rings (SSSR count). The molecule has 1 aliphatic heterocycles. The van der Waals surface area contributed by atoms with Crippen LogP contribution >= 0.6 is 0 Å². The number of hydrogen-bond donors (Lipinski definition) is 2. The lowest BCUT2D eigenvalue weighted by atomic mass is 9.99. The summed E-state index contributed by atoms with van der Waals surface area (Å²) in [7, 11) is 0. The second kappa shape index (κ2) is 5.83. The van der Waals surface area contributed by atoms with Crippen molar-refractivity contribution in [1.82, 2.24) is 5.32 Å². The highest BCUT2D eigenvalue weighted by atomic mass is 16.5. The van der Waals surface area contributed by atoms with E-state index in [1.165, 1.54) is 25.7 Å². The molecule has 4 heteroatoms. The van der Waals surface area contributed by atoms with Gasteiger partial charge in [0.25, 0.3) is 0 Å². The lowest BCUT2D eigenvalue weighted by Crippen LogP contribution is -2.43. The van der Waals surface area contributed by atoms with Crippen molar-refractivity contribution < 1.29 is 9.53 Å². The summed E-state index contributed by atoms with van der Waals surface area (Å²) in [5, 5.41) is 3.10. The lowest BCUT2D eigenvalue weighted by Gasteiger charge is -2.22. The first-order valence-electron chi connectivity index (χ1n) is 6.86. The normalized spacial score (nSPS) is 31.6. The molecule has 98 valence electrons. The Morgan fingerprint density at radius 2 is 2.06 bits per heavy atom. The standard InChI is InChI=1S/C13H24N2O2/c1-9(10-4-2-3-5-10)15-13(16)12-7-6-11(8-14)17-12/h9-12H,2-8,14H2,1H3,(H,15,16)/t9-,11?,12?/m0/s1. The predicted molar refractivity (Wildman–Crippen MR) is 66.5 cm³/mol.